The lowest BCUT2D eigenvalue weighted by molar-refractivity contribution is 0.00230. The lowest BCUT2D eigenvalue weighted by atomic mass is 10.7. The number of aliphatic hydroxyl groups is 2. The van der Waals surface area contributed by atoms with Crippen molar-refractivity contribution >= 4 is 6.16 Å². The molecule has 0 radical (unpaired) electrons. The van der Waals surface area contributed by atoms with E-state index in [0.29, 0.717) is 39.6 Å². The Hall–Kier alpha value is -1.19. The SMILES string of the molecule is C=CCOC(=O)O.OCCOCCOCCOCCO. The fourth-order valence-electron chi connectivity index (χ4n) is 0.801. The molecule has 0 heterocycles. The first-order chi connectivity index (χ1) is 9.68. The number of ether oxygens (including phenoxy) is 4. The fourth-order valence-corrected chi connectivity index (χ4v) is 0.801. The lowest BCUT2D eigenvalue weighted by Gasteiger charge is -2.04. The first-order valence-electron chi connectivity index (χ1n) is 6.10. The van der Waals surface area contributed by atoms with Crippen LogP contribution in [0.5, 0.6) is 0 Å². The van der Waals surface area contributed by atoms with Crippen LogP contribution in [0.2, 0.25) is 0 Å². The Morgan fingerprint density at radius 2 is 1.30 bits per heavy atom. The van der Waals surface area contributed by atoms with Crippen molar-refractivity contribution in [2.24, 2.45) is 0 Å². The molecule has 0 amide bonds. The summed E-state index contributed by atoms with van der Waals surface area (Å²) in [6.07, 6.45) is 0.105. The van der Waals surface area contributed by atoms with Crippen molar-refractivity contribution in [3.8, 4) is 0 Å². The highest BCUT2D eigenvalue weighted by Crippen LogP contribution is 1.80. The molecular formula is C12H24O8. The van der Waals surface area contributed by atoms with Gasteiger partial charge in [-0.05, 0) is 0 Å². The molecule has 0 spiro atoms. The third-order valence-electron chi connectivity index (χ3n) is 1.54. The standard InChI is InChI=1S/C8H18O5.C4H6O3/c9-1-3-11-5-7-13-8-6-12-4-2-10;1-2-3-7-4(5)6/h9-10H,1-8H2;2H,1,3H2,(H,5,6). The molecule has 0 aromatic carbocycles. The van der Waals surface area contributed by atoms with Gasteiger partial charge in [-0.1, -0.05) is 12.7 Å². The maximum Gasteiger partial charge on any atom is 0.506 e. The van der Waals surface area contributed by atoms with Crippen LogP contribution in [0.4, 0.5) is 4.79 Å². The Morgan fingerprint density at radius 1 is 0.900 bits per heavy atom. The van der Waals surface area contributed by atoms with Gasteiger partial charge in [0.25, 0.3) is 0 Å². The van der Waals surface area contributed by atoms with E-state index in [1.165, 1.54) is 6.08 Å². The second kappa shape index (κ2) is 20.1. The summed E-state index contributed by atoms with van der Waals surface area (Å²) in [7, 11) is 0. The molecule has 20 heavy (non-hydrogen) atoms. The Labute approximate surface area is 118 Å². The number of hydrogen-bond donors (Lipinski definition) is 3. The molecule has 8 heteroatoms. The minimum absolute atomic E-state index is 0.0413. The van der Waals surface area contributed by atoms with E-state index < -0.39 is 6.16 Å². The molecule has 0 atom stereocenters. The zero-order valence-electron chi connectivity index (χ0n) is 11.5. The quantitative estimate of drug-likeness (QED) is 0.259. The number of aliphatic hydroxyl groups excluding tert-OH is 2. The van der Waals surface area contributed by atoms with Gasteiger partial charge in [0.05, 0.1) is 52.9 Å². The Balaban J connectivity index is 0. The Kier molecular flexibility index (Phi) is 21.3. The van der Waals surface area contributed by atoms with Crippen molar-refractivity contribution in [2.75, 3.05) is 59.5 Å². The minimum Gasteiger partial charge on any atom is -0.450 e. The van der Waals surface area contributed by atoms with E-state index in [9.17, 15) is 4.79 Å². The lowest BCUT2D eigenvalue weighted by Crippen LogP contribution is -2.11. The number of carbonyl (C=O) groups is 1. The van der Waals surface area contributed by atoms with Crippen molar-refractivity contribution in [1.82, 2.24) is 0 Å². The third-order valence-corrected chi connectivity index (χ3v) is 1.54. The maximum absolute atomic E-state index is 9.49. The molecule has 0 fully saturated rings. The molecule has 0 saturated heterocycles. The summed E-state index contributed by atoms with van der Waals surface area (Å²) in [6.45, 7) is 6.07. The van der Waals surface area contributed by atoms with Gasteiger partial charge in [0.15, 0.2) is 0 Å². The molecule has 0 unspecified atom stereocenters. The van der Waals surface area contributed by atoms with Crippen LogP contribution in [-0.2, 0) is 18.9 Å². The van der Waals surface area contributed by atoms with Crippen molar-refractivity contribution in [2.45, 2.75) is 0 Å². The summed E-state index contributed by atoms with van der Waals surface area (Å²) in [6, 6.07) is 0. The van der Waals surface area contributed by atoms with Gasteiger partial charge in [0.1, 0.15) is 6.61 Å². The zero-order valence-corrected chi connectivity index (χ0v) is 11.5. The smallest absolute Gasteiger partial charge is 0.450 e. The highest BCUT2D eigenvalue weighted by Gasteiger charge is 1.90. The Bertz CT molecular complexity index is 200. The predicted molar refractivity (Wildman–Crippen MR) is 70.8 cm³/mol. The van der Waals surface area contributed by atoms with Gasteiger partial charge in [-0.2, -0.15) is 0 Å². The van der Waals surface area contributed by atoms with Gasteiger partial charge in [0, 0.05) is 0 Å². The Morgan fingerprint density at radius 3 is 1.55 bits per heavy atom. The summed E-state index contributed by atoms with van der Waals surface area (Å²) in [4.78, 5) is 9.49. The largest absolute Gasteiger partial charge is 0.506 e. The topological polar surface area (TPSA) is 115 Å². The van der Waals surface area contributed by atoms with Crippen molar-refractivity contribution in [3.05, 3.63) is 12.7 Å². The van der Waals surface area contributed by atoms with E-state index in [-0.39, 0.29) is 19.8 Å². The van der Waals surface area contributed by atoms with Gasteiger partial charge in [-0.15, -0.1) is 0 Å². The highest BCUT2D eigenvalue weighted by molar-refractivity contribution is 5.56. The van der Waals surface area contributed by atoms with Crippen molar-refractivity contribution in [3.63, 3.8) is 0 Å². The summed E-state index contributed by atoms with van der Waals surface area (Å²) >= 11 is 0. The number of hydrogen-bond acceptors (Lipinski definition) is 7. The normalized spacial score (nSPS) is 9.50. The minimum atomic E-state index is -1.26. The van der Waals surface area contributed by atoms with Crippen LogP contribution < -0.4 is 0 Å². The summed E-state index contributed by atoms with van der Waals surface area (Å²) < 4.78 is 19.0. The fraction of sp³-hybridized carbons (Fsp3) is 0.750. The molecule has 0 aromatic rings. The first kappa shape index (κ1) is 21.1. The van der Waals surface area contributed by atoms with Crippen molar-refractivity contribution < 1.29 is 39.1 Å². The third kappa shape index (κ3) is 25.6. The van der Waals surface area contributed by atoms with Gasteiger partial charge in [-0.25, -0.2) is 4.79 Å². The van der Waals surface area contributed by atoms with Crippen LogP contribution in [0.3, 0.4) is 0 Å². The average Bonchev–Trinajstić information content (AvgIpc) is 2.44. The predicted octanol–water partition coefficient (Wildman–Crippen LogP) is -0.112. The van der Waals surface area contributed by atoms with Gasteiger partial charge in [-0.3, -0.25) is 0 Å². The summed E-state index contributed by atoms with van der Waals surface area (Å²) in [5, 5.41) is 24.5. The molecule has 0 bridgehead atoms. The molecule has 8 nitrogen and oxygen atoms in total. The molecule has 0 aliphatic rings. The van der Waals surface area contributed by atoms with E-state index in [2.05, 4.69) is 11.3 Å². The van der Waals surface area contributed by atoms with Crippen LogP contribution >= 0.6 is 0 Å². The molecule has 0 aliphatic heterocycles. The van der Waals surface area contributed by atoms with E-state index in [1.807, 2.05) is 0 Å². The number of carboxylic acid groups (broad SMARTS) is 1. The van der Waals surface area contributed by atoms with Crippen LogP contribution in [0, 0.1) is 0 Å². The summed E-state index contributed by atoms with van der Waals surface area (Å²) in [5.74, 6) is 0. The molecular weight excluding hydrogens is 272 g/mol. The number of rotatable bonds is 12. The highest BCUT2D eigenvalue weighted by atomic mass is 16.7. The van der Waals surface area contributed by atoms with E-state index in [0.717, 1.165) is 0 Å². The second-order valence-corrected chi connectivity index (χ2v) is 3.15. The van der Waals surface area contributed by atoms with Crippen LogP contribution in [0.15, 0.2) is 12.7 Å². The van der Waals surface area contributed by atoms with E-state index in [4.69, 9.17) is 29.5 Å². The van der Waals surface area contributed by atoms with Gasteiger partial charge in [0.2, 0.25) is 0 Å². The zero-order chi connectivity index (χ0) is 15.5. The summed E-state index contributed by atoms with van der Waals surface area (Å²) in [5.41, 5.74) is 0. The van der Waals surface area contributed by atoms with Crippen LogP contribution in [0.25, 0.3) is 0 Å². The van der Waals surface area contributed by atoms with Crippen molar-refractivity contribution in [1.29, 1.82) is 0 Å². The van der Waals surface area contributed by atoms with E-state index >= 15 is 0 Å². The van der Waals surface area contributed by atoms with E-state index in [1.54, 1.807) is 0 Å². The molecule has 3 N–H and O–H groups in total. The first-order valence-corrected chi connectivity index (χ1v) is 6.10. The molecule has 0 aliphatic carbocycles. The molecule has 0 saturated carbocycles. The van der Waals surface area contributed by atoms with Gasteiger partial charge >= 0.3 is 6.16 Å². The molecule has 0 rings (SSSR count). The molecule has 0 aromatic heterocycles. The monoisotopic (exact) mass is 296 g/mol. The average molecular weight is 296 g/mol. The second-order valence-electron chi connectivity index (χ2n) is 3.15. The maximum atomic E-state index is 9.49. The van der Waals surface area contributed by atoms with Crippen LogP contribution in [-0.4, -0.2) is 80.9 Å². The molecule has 120 valence electrons. The van der Waals surface area contributed by atoms with Gasteiger partial charge < -0.3 is 34.3 Å². The van der Waals surface area contributed by atoms with Crippen LogP contribution in [0.1, 0.15) is 0 Å².